The standard InChI is InChI=1S/C34H59NO3Si/c1-23(13-18-30(36)35(9)37-10)25-15-16-26-24-14-17-28-32(5,6)29(38-39(11,12)31(2,3)4)20-22-34(28,8)27(24)19-21-33(25,26)7/h16,23,25,28-29H,13-15,17-22H2,1-12H3/t23-,25-,28+,29+,33-,34-/m1/s1. The highest BCUT2D eigenvalue weighted by molar-refractivity contribution is 6.74. The van der Waals surface area contributed by atoms with E-state index in [1.54, 1.807) is 30.9 Å². The van der Waals surface area contributed by atoms with Gasteiger partial charge in [0.25, 0.3) is 0 Å². The topological polar surface area (TPSA) is 38.8 Å². The van der Waals surface area contributed by atoms with Gasteiger partial charge in [0.1, 0.15) is 0 Å². The lowest BCUT2D eigenvalue weighted by molar-refractivity contribution is -0.169. The fraction of sp³-hybridized carbons (Fsp3) is 0.853. The van der Waals surface area contributed by atoms with Gasteiger partial charge in [0.15, 0.2) is 8.32 Å². The third-order valence-electron chi connectivity index (χ3n) is 12.8. The summed E-state index contributed by atoms with van der Waals surface area (Å²) in [5.41, 5.74) is 5.92. The normalized spacial score (nSPS) is 35.1. The van der Waals surface area contributed by atoms with E-state index in [0.717, 1.165) is 12.8 Å². The Morgan fingerprint density at radius 3 is 2.38 bits per heavy atom. The van der Waals surface area contributed by atoms with Crippen LogP contribution in [0.15, 0.2) is 22.8 Å². The lowest BCUT2D eigenvalue weighted by Crippen LogP contribution is -2.57. The van der Waals surface area contributed by atoms with E-state index in [4.69, 9.17) is 9.26 Å². The van der Waals surface area contributed by atoms with Gasteiger partial charge in [-0.15, -0.1) is 0 Å². The van der Waals surface area contributed by atoms with E-state index in [9.17, 15) is 4.79 Å². The highest BCUT2D eigenvalue weighted by Crippen LogP contribution is 2.67. The van der Waals surface area contributed by atoms with Gasteiger partial charge in [-0.25, -0.2) is 5.06 Å². The molecule has 1 saturated carbocycles. The molecule has 0 aromatic carbocycles. The predicted octanol–water partition coefficient (Wildman–Crippen LogP) is 9.09. The van der Waals surface area contributed by atoms with Gasteiger partial charge in [-0.1, -0.05) is 67.0 Å². The highest BCUT2D eigenvalue weighted by Gasteiger charge is 2.58. The lowest BCUT2D eigenvalue weighted by atomic mass is 9.46. The zero-order valence-corrected chi connectivity index (χ0v) is 28.4. The number of hydroxylamine groups is 2. The molecular formula is C34H59NO3Si. The van der Waals surface area contributed by atoms with Crippen LogP contribution in [0.4, 0.5) is 0 Å². The Morgan fingerprint density at radius 2 is 1.77 bits per heavy atom. The van der Waals surface area contributed by atoms with Gasteiger partial charge in [-0.05, 0) is 115 Å². The van der Waals surface area contributed by atoms with Crippen molar-refractivity contribution in [1.82, 2.24) is 5.06 Å². The first kappa shape index (κ1) is 31.0. The smallest absolute Gasteiger partial charge is 0.245 e. The van der Waals surface area contributed by atoms with Crippen LogP contribution in [0.5, 0.6) is 0 Å². The monoisotopic (exact) mass is 557 g/mol. The van der Waals surface area contributed by atoms with Crippen molar-refractivity contribution in [1.29, 1.82) is 0 Å². The summed E-state index contributed by atoms with van der Waals surface area (Å²) >= 11 is 0. The molecule has 4 rings (SSSR count). The maximum atomic E-state index is 12.4. The van der Waals surface area contributed by atoms with Crippen LogP contribution < -0.4 is 0 Å². The molecule has 4 aliphatic rings. The molecule has 39 heavy (non-hydrogen) atoms. The first-order chi connectivity index (χ1) is 17.9. The van der Waals surface area contributed by atoms with Crippen molar-refractivity contribution < 1.29 is 14.1 Å². The van der Waals surface area contributed by atoms with E-state index >= 15 is 0 Å². The number of carbonyl (C=O) groups excluding carboxylic acids is 1. The molecule has 0 saturated heterocycles. The number of nitrogens with zero attached hydrogens (tertiary/aromatic N) is 1. The fourth-order valence-corrected chi connectivity index (χ4v) is 10.6. The number of rotatable bonds is 7. The summed E-state index contributed by atoms with van der Waals surface area (Å²) in [5.74, 6) is 1.90. The van der Waals surface area contributed by atoms with Crippen LogP contribution in [0.2, 0.25) is 18.1 Å². The zero-order chi connectivity index (χ0) is 29.2. The van der Waals surface area contributed by atoms with Gasteiger partial charge in [0.05, 0.1) is 13.2 Å². The average Bonchev–Trinajstić information content (AvgIpc) is 3.20. The minimum atomic E-state index is -1.82. The molecule has 0 unspecified atom stereocenters. The third kappa shape index (κ3) is 5.16. The lowest BCUT2D eigenvalue weighted by Gasteiger charge is -2.61. The largest absolute Gasteiger partial charge is 0.413 e. The van der Waals surface area contributed by atoms with E-state index in [0.29, 0.717) is 30.3 Å². The first-order valence-corrected chi connectivity index (χ1v) is 18.7. The van der Waals surface area contributed by atoms with E-state index in [1.807, 2.05) is 0 Å². The minimum Gasteiger partial charge on any atom is -0.413 e. The van der Waals surface area contributed by atoms with Crippen molar-refractivity contribution in [3.05, 3.63) is 22.8 Å². The van der Waals surface area contributed by atoms with Crippen LogP contribution >= 0.6 is 0 Å². The second kappa shape index (κ2) is 10.4. The van der Waals surface area contributed by atoms with Gasteiger partial charge in [0, 0.05) is 13.5 Å². The molecular weight excluding hydrogens is 498 g/mol. The summed E-state index contributed by atoms with van der Waals surface area (Å²) in [6.45, 7) is 24.6. The molecule has 0 radical (unpaired) electrons. The van der Waals surface area contributed by atoms with Gasteiger partial charge in [-0.2, -0.15) is 0 Å². The number of allylic oxidation sites excluding steroid dienone is 4. The average molecular weight is 558 g/mol. The molecule has 0 bridgehead atoms. The molecule has 5 heteroatoms. The Kier molecular flexibility index (Phi) is 8.29. The second-order valence-corrected chi connectivity index (χ2v) is 20.9. The number of amides is 1. The zero-order valence-electron chi connectivity index (χ0n) is 27.4. The van der Waals surface area contributed by atoms with Crippen molar-refractivity contribution in [3.63, 3.8) is 0 Å². The SMILES string of the molecule is CON(C)C(=O)CC[C@@H](C)[C@H]1CC=C2C3=C(CC[C@@]21C)[C@@]1(C)CC[C@H](O[Si](C)(C)C(C)(C)C)C(C)(C)[C@@H]1CC3. The number of hydrogen-bond donors (Lipinski definition) is 0. The summed E-state index contributed by atoms with van der Waals surface area (Å²) in [6.07, 6.45) is 13.1. The summed E-state index contributed by atoms with van der Waals surface area (Å²) < 4.78 is 7.15. The summed E-state index contributed by atoms with van der Waals surface area (Å²) in [7, 11) is 1.46. The third-order valence-corrected chi connectivity index (χ3v) is 17.2. The predicted molar refractivity (Wildman–Crippen MR) is 165 cm³/mol. The number of carbonyl (C=O) groups is 1. The minimum absolute atomic E-state index is 0.0799. The van der Waals surface area contributed by atoms with Crippen LogP contribution in [0.3, 0.4) is 0 Å². The molecule has 1 amide bonds. The number of fused-ring (bicyclic) bond motifs is 4. The van der Waals surface area contributed by atoms with E-state index in [1.165, 1.54) is 43.6 Å². The van der Waals surface area contributed by atoms with Crippen LogP contribution in [-0.4, -0.2) is 39.5 Å². The fourth-order valence-electron chi connectivity index (χ4n) is 9.12. The van der Waals surface area contributed by atoms with Crippen LogP contribution in [0.1, 0.15) is 113 Å². The van der Waals surface area contributed by atoms with Gasteiger partial charge in [-0.3, -0.25) is 9.63 Å². The van der Waals surface area contributed by atoms with Crippen molar-refractivity contribution in [2.75, 3.05) is 14.2 Å². The van der Waals surface area contributed by atoms with E-state index in [2.05, 4.69) is 74.6 Å². The van der Waals surface area contributed by atoms with Crippen LogP contribution in [-0.2, 0) is 14.1 Å². The molecule has 6 atom stereocenters. The molecule has 222 valence electrons. The Morgan fingerprint density at radius 1 is 1.10 bits per heavy atom. The summed E-state index contributed by atoms with van der Waals surface area (Å²) in [4.78, 5) is 17.5. The molecule has 0 aliphatic heterocycles. The van der Waals surface area contributed by atoms with Crippen molar-refractivity contribution in [2.24, 2.45) is 34.0 Å². The maximum absolute atomic E-state index is 12.4. The summed E-state index contributed by atoms with van der Waals surface area (Å²) in [5, 5.41) is 1.62. The van der Waals surface area contributed by atoms with E-state index < -0.39 is 8.32 Å². The molecule has 4 nitrogen and oxygen atoms in total. The summed E-state index contributed by atoms with van der Waals surface area (Å²) in [6, 6.07) is 0. The molecule has 0 spiro atoms. The van der Waals surface area contributed by atoms with Crippen molar-refractivity contribution in [2.45, 2.75) is 137 Å². The van der Waals surface area contributed by atoms with Crippen molar-refractivity contribution in [3.8, 4) is 0 Å². The Hall–Kier alpha value is -0.913. The molecule has 0 aromatic rings. The van der Waals surface area contributed by atoms with Crippen LogP contribution in [0, 0.1) is 34.0 Å². The first-order valence-electron chi connectivity index (χ1n) is 15.8. The van der Waals surface area contributed by atoms with Crippen molar-refractivity contribution >= 4 is 14.2 Å². The van der Waals surface area contributed by atoms with Gasteiger partial charge < -0.3 is 4.43 Å². The molecule has 0 heterocycles. The number of hydrogen-bond acceptors (Lipinski definition) is 3. The van der Waals surface area contributed by atoms with Gasteiger partial charge in [0.2, 0.25) is 5.91 Å². The Balaban J connectivity index is 1.54. The van der Waals surface area contributed by atoms with Gasteiger partial charge >= 0.3 is 0 Å². The van der Waals surface area contributed by atoms with E-state index in [-0.39, 0.29) is 27.2 Å². The molecule has 1 fully saturated rings. The molecule has 0 N–H and O–H groups in total. The quantitative estimate of drug-likeness (QED) is 0.231. The Bertz CT molecular complexity index is 1020. The van der Waals surface area contributed by atoms with Crippen LogP contribution in [0.25, 0.3) is 0 Å². The second-order valence-electron chi connectivity index (χ2n) is 16.2. The highest BCUT2D eigenvalue weighted by atomic mass is 28.4. The molecule has 4 aliphatic carbocycles. The maximum Gasteiger partial charge on any atom is 0.245 e. The molecule has 0 aromatic heterocycles. The Labute approximate surface area is 241 Å².